The quantitative estimate of drug-likeness (QED) is 0.395. The van der Waals surface area contributed by atoms with Crippen LogP contribution in [0.15, 0.2) is 29.1 Å². The molecule has 1 unspecified atom stereocenters. The van der Waals surface area contributed by atoms with Gasteiger partial charge in [-0.2, -0.15) is 0 Å². The SMILES string of the molecule is CCc1c2c(nc3ccc(OC(=O)N4CCC(N)CC4)cc13)-c1cc3c(c(=O)n1C2)COC(=O)C3(O)CC. The number of esters is 1. The molecule has 3 N–H and O–H groups in total. The van der Waals surface area contributed by atoms with Crippen LogP contribution in [0.25, 0.3) is 22.3 Å². The van der Waals surface area contributed by atoms with Gasteiger partial charge in [-0.05, 0) is 55.5 Å². The van der Waals surface area contributed by atoms with Gasteiger partial charge in [-0.25, -0.2) is 14.6 Å². The first-order valence-corrected chi connectivity index (χ1v) is 13.1. The summed E-state index contributed by atoms with van der Waals surface area (Å²) >= 11 is 0. The molecule has 3 aliphatic heterocycles. The third-order valence-electron chi connectivity index (χ3n) is 8.13. The van der Waals surface area contributed by atoms with Crippen LogP contribution in [0.3, 0.4) is 0 Å². The van der Waals surface area contributed by atoms with Crippen LogP contribution in [0, 0.1) is 0 Å². The Morgan fingerprint density at radius 1 is 1.21 bits per heavy atom. The normalized spacial score (nSPS) is 20.6. The van der Waals surface area contributed by atoms with Crippen molar-refractivity contribution >= 4 is 23.0 Å². The van der Waals surface area contributed by atoms with Crippen molar-refractivity contribution in [3.8, 4) is 17.1 Å². The number of benzene rings is 1. The fourth-order valence-electron chi connectivity index (χ4n) is 5.86. The Kier molecular flexibility index (Phi) is 5.77. The van der Waals surface area contributed by atoms with E-state index in [0.29, 0.717) is 59.8 Å². The van der Waals surface area contributed by atoms with Gasteiger partial charge in [-0.3, -0.25) is 4.79 Å². The molecule has 1 amide bonds. The van der Waals surface area contributed by atoms with Crippen molar-refractivity contribution in [3.63, 3.8) is 0 Å². The van der Waals surface area contributed by atoms with Crippen molar-refractivity contribution in [1.29, 1.82) is 0 Å². The van der Waals surface area contributed by atoms with Crippen LogP contribution in [-0.4, -0.2) is 50.8 Å². The molecule has 0 bridgehead atoms. The number of carbonyl (C=O) groups is 2. The van der Waals surface area contributed by atoms with Gasteiger partial charge in [0.05, 0.1) is 29.0 Å². The highest BCUT2D eigenvalue weighted by Crippen LogP contribution is 2.40. The van der Waals surface area contributed by atoms with E-state index in [1.165, 1.54) is 0 Å². The number of nitrogens with two attached hydrogens (primary N) is 1. The number of nitrogens with zero attached hydrogens (tertiary/aromatic N) is 3. The maximum absolute atomic E-state index is 13.5. The number of ether oxygens (including phenoxy) is 2. The predicted octanol–water partition coefficient (Wildman–Crippen LogP) is 2.56. The number of hydrogen-bond acceptors (Lipinski definition) is 8. The van der Waals surface area contributed by atoms with Crippen LogP contribution in [0.5, 0.6) is 5.75 Å². The van der Waals surface area contributed by atoms with Crippen LogP contribution >= 0.6 is 0 Å². The zero-order chi connectivity index (χ0) is 26.8. The van der Waals surface area contributed by atoms with Gasteiger partial charge in [0.15, 0.2) is 5.60 Å². The van der Waals surface area contributed by atoms with Crippen LogP contribution in [0.2, 0.25) is 0 Å². The van der Waals surface area contributed by atoms with Crippen molar-refractivity contribution < 1.29 is 24.2 Å². The van der Waals surface area contributed by atoms with Crippen molar-refractivity contribution in [2.45, 2.75) is 64.3 Å². The first kappa shape index (κ1) is 24.6. The molecule has 10 heteroatoms. The Morgan fingerprint density at radius 2 is 1.97 bits per heavy atom. The molecular formula is C28H30N4O6. The number of carbonyl (C=O) groups excluding carboxylic acids is 2. The zero-order valence-corrected chi connectivity index (χ0v) is 21.5. The van der Waals surface area contributed by atoms with Gasteiger partial charge in [0.2, 0.25) is 0 Å². The summed E-state index contributed by atoms with van der Waals surface area (Å²) in [6, 6.07) is 7.18. The highest BCUT2D eigenvalue weighted by atomic mass is 16.6. The Hall–Kier alpha value is -3.76. The van der Waals surface area contributed by atoms with E-state index in [-0.39, 0.29) is 24.6 Å². The lowest BCUT2D eigenvalue weighted by Crippen LogP contribution is -2.44. The summed E-state index contributed by atoms with van der Waals surface area (Å²) in [6.45, 7) is 5.01. The number of cyclic esters (lactones) is 1. The van der Waals surface area contributed by atoms with Gasteiger partial charge < -0.3 is 29.8 Å². The van der Waals surface area contributed by atoms with Crippen molar-refractivity contribution in [3.05, 3.63) is 56.9 Å². The number of aryl methyl sites for hydroxylation is 1. The van der Waals surface area contributed by atoms with Crippen LogP contribution in [0.4, 0.5) is 4.79 Å². The number of aliphatic hydroxyl groups is 1. The summed E-state index contributed by atoms with van der Waals surface area (Å²) in [5.74, 6) is -0.314. The number of pyridine rings is 2. The molecule has 5 heterocycles. The second-order valence-corrected chi connectivity index (χ2v) is 10.2. The summed E-state index contributed by atoms with van der Waals surface area (Å²) in [5, 5.41) is 11.9. The Bertz CT molecular complexity index is 1560. The van der Waals surface area contributed by atoms with E-state index >= 15 is 0 Å². The smallest absolute Gasteiger partial charge is 0.415 e. The molecule has 1 saturated heterocycles. The van der Waals surface area contributed by atoms with Crippen LogP contribution in [0.1, 0.15) is 55.4 Å². The van der Waals surface area contributed by atoms with E-state index < -0.39 is 17.7 Å². The fourth-order valence-corrected chi connectivity index (χ4v) is 5.86. The Labute approximate surface area is 219 Å². The molecule has 198 valence electrons. The third-order valence-corrected chi connectivity index (χ3v) is 8.13. The minimum atomic E-state index is -1.87. The first-order valence-electron chi connectivity index (χ1n) is 13.1. The van der Waals surface area contributed by atoms with E-state index in [1.54, 1.807) is 28.5 Å². The molecule has 2 aromatic heterocycles. The topological polar surface area (TPSA) is 137 Å². The molecular weight excluding hydrogens is 488 g/mol. The third kappa shape index (κ3) is 3.62. The molecule has 1 fully saturated rings. The molecule has 3 aliphatic rings. The molecule has 10 nitrogen and oxygen atoms in total. The lowest BCUT2D eigenvalue weighted by molar-refractivity contribution is -0.172. The summed E-state index contributed by atoms with van der Waals surface area (Å²) in [5.41, 5.74) is 8.21. The van der Waals surface area contributed by atoms with Gasteiger partial charge in [-0.1, -0.05) is 13.8 Å². The minimum Gasteiger partial charge on any atom is -0.458 e. The molecule has 1 atom stereocenters. The van der Waals surface area contributed by atoms with Crippen LogP contribution < -0.4 is 16.0 Å². The number of fused-ring (bicyclic) bond motifs is 5. The number of hydrogen-bond donors (Lipinski definition) is 2. The fraction of sp³-hybridized carbons (Fsp3) is 0.429. The van der Waals surface area contributed by atoms with E-state index in [2.05, 4.69) is 0 Å². The molecule has 0 radical (unpaired) electrons. The molecule has 6 rings (SSSR count). The lowest BCUT2D eigenvalue weighted by atomic mass is 9.86. The number of piperidine rings is 1. The van der Waals surface area contributed by atoms with Gasteiger partial charge in [-0.15, -0.1) is 0 Å². The van der Waals surface area contributed by atoms with Crippen molar-refractivity contribution in [2.24, 2.45) is 5.73 Å². The van der Waals surface area contributed by atoms with Crippen LogP contribution in [-0.2, 0) is 34.7 Å². The lowest BCUT2D eigenvalue weighted by Gasteiger charge is -2.31. The molecule has 0 spiro atoms. The number of rotatable bonds is 3. The highest BCUT2D eigenvalue weighted by Gasteiger charge is 2.45. The standard InChI is InChI=1S/C28H30N4O6/c1-3-17-18-11-16(38-27(35)31-9-7-15(29)8-10-31)5-6-22(18)30-24-19(17)13-32-23(24)12-21-20(25(32)33)14-37-26(34)28(21,36)4-2/h5-6,11-12,15,36H,3-4,7-10,13-14,29H2,1-2H3. The monoisotopic (exact) mass is 518 g/mol. The summed E-state index contributed by atoms with van der Waals surface area (Å²) in [6.07, 6.45) is 1.87. The number of aromatic nitrogens is 2. The van der Waals surface area contributed by atoms with E-state index in [9.17, 15) is 19.5 Å². The van der Waals surface area contributed by atoms with Crippen molar-refractivity contribution in [2.75, 3.05) is 13.1 Å². The van der Waals surface area contributed by atoms with Gasteiger partial charge in [0.1, 0.15) is 12.4 Å². The van der Waals surface area contributed by atoms with E-state index in [0.717, 1.165) is 29.4 Å². The molecule has 0 saturated carbocycles. The molecule has 1 aromatic carbocycles. The second kappa shape index (κ2) is 8.92. The molecule has 3 aromatic rings. The summed E-state index contributed by atoms with van der Waals surface area (Å²) in [7, 11) is 0. The van der Waals surface area contributed by atoms with Gasteiger partial charge in [0, 0.05) is 35.6 Å². The largest absolute Gasteiger partial charge is 0.458 e. The average Bonchev–Trinajstić information content (AvgIpc) is 3.28. The van der Waals surface area contributed by atoms with Gasteiger partial charge >= 0.3 is 12.1 Å². The maximum atomic E-state index is 13.5. The summed E-state index contributed by atoms with van der Waals surface area (Å²) in [4.78, 5) is 45.2. The predicted molar refractivity (Wildman–Crippen MR) is 139 cm³/mol. The maximum Gasteiger partial charge on any atom is 0.415 e. The second-order valence-electron chi connectivity index (χ2n) is 10.2. The average molecular weight is 519 g/mol. The Morgan fingerprint density at radius 3 is 2.68 bits per heavy atom. The van der Waals surface area contributed by atoms with Gasteiger partial charge in [0.25, 0.3) is 5.56 Å². The number of likely N-dealkylation sites (tertiary alicyclic amines) is 1. The first-order chi connectivity index (χ1) is 18.2. The number of amides is 1. The molecule has 0 aliphatic carbocycles. The van der Waals surface area contributed by atoms with Crippen molar-refractivity contribution in [1.82, 2.24) is 14.5 Å². The highest BCUT2D eigenvalue weighted by molar-refractivity contribution is 5.90. The van der Waals surface area contributed by atoms with E-state index in [4.69, 9.17) is 20.2 Å². The zero-order valence-electron chi connectivity index (χ0n) is 21.5. The van der Waals surface area contributed by atoms with E-state index in [1.807, 2.05) is 19.1 Å². The Balaban J connectivity index is 1.41. The minimum absolute atomic E-state index is 0.0890. The summed E-state index contributed by atoms with van der Waals surface area (Å²) < 4.78 is 12.5. The molecule has 38 heavy (non-hydrogen) atoms.